The number of unbranched alkanes of at least 4 members (excludes halogenated alkanes) is 3. The first-order valence-corrected chi connectivity index (χ1v) is 5.60. The Kier molecular flexibility index (Phi) is 8.30. The maximum atomic E-state index is 10.9. The summed E-state index contributed by atoms with van der Waals surface area (Å²) in [5, 5.41) is 2.93. The second-order valence-electron chi connectivity index (χ2n) is 3.68. The highest BCUT2D eigenvalue weighted by Gasteiger charge is 2.04. The topological polar surface area (TPSA) is 29.1 Å². The molecule has 0 aromatic carbocycles. The van der Waals surface area contributed by atoms with Crippen LogP contribution < -0.4 is 5.32 Å². The zero-order valence-corrected chi connectivity index (χ0v) is 9.68. The summed E-state index contributed by atoms with van der Waals surface area (Å²) in [6.07, 6.45) is 10.1. The lowest BCUT2D eigenvalue weighted by molar-refractivity contribution is -0.119. The Morgan fingerprint density at radius 1 is 1.36 bits per heavy atom. The number of amides is 1. The molecule has 0 spiro atoms. The molecule has 0 aliphatic rings. The number of nitrogens with one attached hydrogen (secondary N) is 1. The van der Waals surface area contributed by atoms with Gasteiger partial charge in [-0.05, 0) is 13.3 Å². The number of carbonyl (C=O) groups is 1. The Morgan fingerprint density at radius 3 is 2.57 bits per heavy atom. The standard InChI is InChI=1S/C12H23NO/c1-4-6-7-8-10-12(9-5-2)13-11(3)14/h5,9,12H,4,6-8,10H2,1-3H3,(H,13,14)/b9-5+. The van der Waals surface area contributed by atoms with Crippen molar-refractivity contribution < 1.29 is 4.79 Å². The normalized spacial score (nSPS) is 13.1. The van der Waals surface area contributed by atoms with Crippen molar-refractivity contribution in [3.8, 4) is 0 Å². The first kappa shape index (κ1) is 13.2. The molecule has 0 rings (SSSR count). The molecule has 0 aromatic heterocycles. The Balaban J connectivity index is 3.67. The molecule has 2 heteroatoms. The molecular weight excluding hydrogens is 174 g/mol. The van der Waals surface area contributed by atoms with Crippen molar-refractivity contribution in [1.29, 1.82) is 0 Å². The van der Waals surface area contributed by atoms with Gasteiger partial charge in [-0.2, -0.15) is 0 Å². The highest BCUT2D eigenvalue weighted by atomic mass is 16.1. The molecule has 0 heterocycles. The van der Waals surface area contributed by atoms with Gasteiger partial charge in [-0.1, -0.05) is 44.8 Å². The van der Waals surface area contributed by atoms with Crippen molar-refractivity contribution in [1.82, 2.24) is 5.32 Å². The second kappa shape index (κ2) is 8.79. The number of allylic oxidation sites excluding steroid dienone is 1. The summed E-state index contributed by atoms with van der Waals surface area (Å²) in [5.74, 6) is 0.0589. The molecule has 0 aliphatic carbocycles. The minimum atomic E-state index is 0.0589. The third kappa shape index (κ3) is 7.84. The molecule has 14 heavy (non-hydrogen) atoms. The summed E-state index contributed by atoms with van der Waals surface area (Å²) >= 11 is 0. The third-order valence-corrected chi connectivity index (χ3v) is 2.18. The molecule has 0 fully saturated rings. The number of hydrogen-bond donors (Lipinski definition) is 1. The Morgan fingerprint density at radius 2 is 2.07 bits per heavy atom. The van der Waals surface area contributed by atoms with Gasteiger partial charge in [0.1, 0.15) is 0 Å². The lowest BCUT2D eigenvalue weighted by Crippen LogP contribution is -2.31. The zero-order chi connectivity index (χ0) is 10.8. The van der Waals surface area contributed by atoms with Crippen LogP contribution in [0.15, 0.2) is 12.2 Å². The van der Waals surface area contributed by atoms with E-state index in [-0.39, 0.29) is 11.9 Å². The van der Waals surface area contributed by atoms with E-state index in [0.29, 0.717) is 0 Å². The number of carbonyl (C=O) groups excluding carboxylic acids is 1. The minimum Gasteiger partial charge on any atom is -0.350 e. The predicted octanol–water partition coefficient (Wildman–Crippen LogP) is 3.04. The maximum Gasteiger partial charge on any atom is 0.217 e. The van der Waals surface area contributed by atoms with E-state index in [9.17, 15) is 4.79 Å². The van der Waals surface area contributed by atoms with E-state index in [1.54, 1.807) is 6.92 Å². The predicted molar refractivity (Wildman–Crippen MR) is 61.2 cm³/mol. The van der Waals surface area contributed by atoms with E-state index in [4.69, 9.17) is 0 Å². The van der Waals surface area contributed by atoms with E-state index in [0.717, 1.165) is 6.42 Å². The van der Waals surface area contributed by atoms with Gasteiger partial charge in [-0.3, -0.25) is 4.79 Å². The van der Waals surface area contributed by atoms with Gasteiger partial charge in [0.15, 0.2) is 0 Å². The summed E-state index contributed by atoms with van der Waals surface area (Å²) in [7, 11) is 0. The van der Waals surface area contributed by atoms with Crippen LogP contribution in [-0.2, 0) is 4.79 Å². The van der Waals surface area contributed by atoms with Gasteiger partial charge in [0, 0.05) is 13.0 Å². The van der Waals surface area contributed by atoms with E-state index < -0.39 is 0 Å². The van der Waals surface area contributed by atoms with Gasteiger partial charge in [0.25, 0.3) is 0 Å². The molecular formula is C12H23NO. The Labute approximate surface area is 87.8 Å². The largest absolute Gasteiger partial charge is 0.350 e. The van der Waals surface area contributed by atoms with Gasteiger partial charge in [-0.15, -0.1) is 0 Å². The maximum absolute atomic E-state index is 10.9. The van der Waals surface area contributed by atoms with E-state index >= 15 is 0 Å². The molecule has 0 saturated carbocycles. The molecule has 0 radical (unpaired) electrons. The van der Waals surface area contributed by atoms with Crippen LogP contribution in [-0.4, -0.2) is 11.9 Å². The fraction of sp³-hybridized carbons (Fsp3) is 0.750. The highest BCUT2D eigenvalue weighted by molar-refractivity contribution is 5.73. The van der Waals surface area contributed by atoms with E-state index in [1.807, 2.05) is 13.0 Å². The Bertz CT molecular complexity index is 175. The molecule has 2 nitrogen and oxygen atoms in total. The van der Waals surface area contributed by atoms with Crippen LogP contribution in [0.4, 0.5) is 0 Å². The van der Waals surface area contributed by atoms with Crippen LogP contribution in [0.25, 0.3) is 0 Å². The first-order valence-electron chi connectivity index (χ1n) is 5.60. The van der Waals surface area contributed by atoms with Crippen LogP contribution in [0.5, 0.6) is 0 Å². The second-order valence-corrected chi connectivity index (χ2v) is 3.68. The lowest BCUT2D eigenvalue weighted by Gasteiger charge is -2.13. The van der Waals surface area contributed by atoms with Crippen LogP contribution in [0, 0.1) is 0 Å². The van der Waals surface area contributed by atoms with Crippen molar-refractivity contribution in [3.63, 3.8) is 0 Å². The summed E-state index contributed by atoms with van der Waals surface area (Å²) in [4.78, 5) is 10.9. The van der Waals surface area contributed by atoms with Gasteiger partial charge in [-0.25, -0.2) is 0 Å². The molecule has 1 amide bonds. The molecule has 1 unspecified atom stereocenters. The SMILES string of the molecule is C/C=C/C(CCCCCC)NC(C)=O. The monoisotopic (exact) mass is 197 g/mol. The number of hydrogen-bond acceptors (Lipinski definition) is 1. The zero-order valence-electron chi connectivity index (χ0n) is 9.68. The fourth-order valence-electron chi connectivity index (χ4n) is 1.50. The van der Waals surface area contributed by atoms with Crippen molar-refractivity contribution in [2.45, 2.75) is 58.9 Å². The minimum absolute atomic E-state index is 0.0589. The van der Waals surface area contributed by atoms with Gasteiger partial charge in [0.05, 0.1) is 0 Å². The van der Waals surface area contributed by atoms with Crippen molar-refractivity contribution in [2.75, 3.05) is 0 Å². The summed E-state index contributed by atoms with van der Waals surface area (Å²) < 4.78 is 0. The van der Waals surface area contributed by atoms with Crippen molar-refractivity contribution in [2.24, 2.45) is 0 Å². The van der Waals surface area contributed by atoms with E-state index in [1.165, 1.54) is 25.7 Å². The van der Waals surface area contributed by atoms with Crippen LogP contribution in [0.3, 0.4) is 0 Å². The smallest absolute Gasteiger partial charge is 0.217 e. The van der Waals surface area contributed by atoms with Crippen LogP contribution in [0.2, 0.25) is 0 Å². The van der Waals surface area contributed by atoms with Gasteiger partial charge >= 0.3 is 0 Å². The molecule has 82 valence electrons. The van der Waals surface area contributed by atoms with Crippen molar-refractivity contribution in [3.05, 3.63) is 12.2 Å². The number of rotatable bonds is 7. The van der Waals surface area contributed by atoms with Gasteiger partial charge in [0.2, 0.25) is 5.91 Å². The van der Waals surface area contributed by atoms with E-state index in [2.05, 4.69) is 18.3 Å². The molecule has 0 saturated heterocycles. The average Bonchev–Trinajstić information content (AvgIpc) is 2.12. The third-order valence-electron chi connectivity index (χ3n) is 2.18. The molecule has 0 bridgehead atoms. The first-order chi connectivity index (χ1) is 6.70. The fourth-order valence-corrected chi connectivity index (χ4v) is 1.50. The molecule has 0 aliphatic heterocycles. The van der Waals surface area contributed by atoms with Crippen molar-refractivity contribution >= 4 is 5.91 Å². The molecule has 1 atom stereocenters. The van der Waals surface area contributed by atoms with Crippen LogP contribution in [0.1, 0.15) is 52.9 Å². The summed E-state index contributed by atoms with van der Waals surface area (Å²) in [6.45, 7) is 5.76. The Hall–Kier alpha value is -0.790. The lowest BCUT2D eigenvalue weighted by atomic mass is 10.1. The quantitative estimate of drug-likeness (QED) is 0.493. The van der Waals surface area contributed by atoms with Gasteiger partial charge < -0.3 is 5.32 Å². The molecule has 0 aromatic rings. The molecule has 1 N–H and O–H groups in total. The van der Waals surface area contributed by atoms with Crippen LogP contribution >= 0.6 is 0 Å². The summed E-state index contributed by atoms with van der Waals surface area (Å²) in [6, 6.07) is 0.231. The highest BCUT2D eigenvalue weighted by Crippen LogP contribution is 2.06. The summed E-state index contributed by atoms with van der Waals surface area (Å²) in [5.41, 5.74) is 0. The average molecular weight is 197 g/mol.